The van der Waals surface area contributed by atoms with Gasteiger partial charge in [0.25, 0.3) is 0 Å². The topological polar surface area (TPSA) is 61.4 Å². The maximum atomic E-state index is 4.59. The molecule has 6 aromatic heterocycles. The third kappa shape index (κ3) is 5.27. The van der Waals surface area contributed by atoms with Crippen LogP contribution in [0.4, 0.5) is 0 Å². The molecule has 0 aliphatic carbocycles. The smallest absolute Gasteiger partial charge is 0.0724 e. The van der Waals surface area contributed by atoms with Crippen LogP contribution in [0.15, 0.2) is 195 Å². The number of hydrogen-bond acceptors (Lipinski definition) is 4. The van der Waals surface area contributed by atoms with E-state index in [0.29, 0.717) is 0 Å². The quantitative estimate of drug-likeness (QED) is 0.172. The van der Waals surface area contributed by atoms with Gasteiger partial charge in [0, 0.05) is 68.8 Å². The molecule has 0 fully saturated rings. The number of aromatic nitrogens is 6. The van der Waals surface area contributed by atoms with Gasteiger partial charge in [-0.3, -0.25) is 19.9 Å². The minimum Gasteiger partial charge on any atom is -0.308 e. The standard InChI is InChI=1S/C50H32N6/c1-3-22-53-45(14-1)37-10-5-8-33(26-37)35-16-18-47-43(28-35)41-20-24-51-31-49(41)55(47)39-12-7-13-40(30-39)56-48-19-17-36(29-44(48)42-21-25-52-32-50(42)56)34-9-6-11-38(27-34)46-15-2-4-23-54-46/h1-32H. The Morgan fingerprint density at radius 2 is 0.768 bits per heavy atom. The number of benzene rings is 5. The molecule has 0 bridgehead atoms. The number of pyridine rings is 4. The summed E-state index contributed by atoms with van der Waals surface area (Å²) >= 11 is 0. The molecule has 0 N–H and O–H groups in total. The summed E-state index contributed by atoms with van der Waals surface area (Å²) in [5.74, 6) is 0. The normalized spacial score (nSPS) is 11.6. The van der Waals surface area contributed by atoms with Gasteiger partial charge < -0.3 is 9.13 Å². The second-order valence-electron chi connectivity index (χ2n) is 14.0. The lowest BCUT2D eigenvalue weighted by molar-refractivity contribution is 1.12. The highest BCUT2D eigenvalue weighted by molar-refractivity contribution is 6.11. The molecule has 0 amide bonds. The first-order chi connectivity index (χ1) is 27.8. The van der Waals surface area contributed by atoms with Crippen LogP contribution in [0.2, 0.25) is 0 Å². The van der Waals surface area contributed by atoms with Crippen molar-refractivity contribution in [2.75, 3.05) is 0 Å². The zero-order chi connectivity index (χ0) is 37.0. The lowest BCUT2D eigenvalue weighted by atomic mass is 10.00. The molecule has 6 heteroatoms. The van der Waals surface area contributed by atoms with Crippen LogP contribution >= 0.6 is 0 Å². The van der Waals surface area contributed by atoms with Gasteiger partial charge in [0.2, 0.25) is 0 Å². The Bertz CT molecular complexity index is 3040. The van der Waals surface area contributed by atoms with Gasteiger partial charge in [-0.05, 0) is 113 Å². The highest BCUT2D eigenvalue weighted by atomic mass is 15.0. The Labute approximate surface area is 322 Å². The third-order valence-corrected chi connectivity index (χ3v) is 10.8. The van der Waals surface area contributed by atoms with Crippen molar-refractivity contribution >= 4 is 43.6 Å². The average Bonchev–Trinajstić information content (AvgIpc) is 3.79. The molecule has 5 aromatic carbocycles. The zero-order valence-corrected chi connectivity index (χ0v) is 30.2. The lowest BCUT2D eigenvalue weighted by Crippen LogP contribution is -1.99. The van der Waals surface area contributed by atoms with Crippen LogP contribution in [0.3, 0.4) is 0 Å². The van der Waals surface area contributed by atoms with Gasteiger partial charge in [0.1, 0.15) is 0 Å². The molecule has 0 saturated heterocycles. The van der Waals surface area contributed by atoms with Crippen LogP contribution < -0.4 is 0 Å². The fraction of sp³-hybridized carbons (Fsp3) is 0. The highest BCUT2D eigenvalue weighted by Gasteiger charge is 2.17. The molecule has 56 heavy (non-hydrogen) atoms. The van der Waals surface area contributed by atoms with Crippen molar-refractivity contribution in [1.82, 2.24) is 29.1 Å². The van der Waals surface area contributed by atoms with E-state index in [2.05, 4.69) is 163 Å². The van der Waals surface area contributed by atoms with E-state index in [0.717, 1.165) is 89.0 Å². The number of nitrogens with zero attached hydrogens (tertiary/aromatic N) is 6. The molecule has 0 aliphatic rings. The predicted octanol–water partition coefficient (Wildman–Crippen LogP) is 12.1. The van der Waals surface area contributed by atoms with Crippen LogP contribution in [0, 0.1) is 0 Å². The first kappa shape index (κ1) is 31.8. The van der Waals surface area contributed by atoms with Crippen molar-refractivity contribution in [3.8, 4) is 56.1 Å². The number of rotatable bonds is 6. The summed E-state index contributed by atoms with van der Waals surface area (Å²) in [6.45, 7) is 0. The SMILES string of the molecule is c1ccc(-c2cccc(-c3ccc4c(c3)c3ccncc3n4-c3cccc(-n4c5ccc(-c6cccc(-c7ccccn7)c6)cc5c5ccncc54)c3)c2)nc1. The van der Waals surface area contributed by atoms with Crippen molar-refractivity contribution in [2.24, 2.45) is 0 Å². The molecular formula is C50H32N6. The number of hydrogen-bond donors (Lipinski definition) is 0. The minimum absolute atomic E-state index is 0.962. The van der Waals surface area contributed by atoms with E-state index in [9.17, 15) is 0 Å². The van der Waals surface area contributed by atoms with Crippen LogP contribution in [0.5, 0.6) is 0 Å². The van der Waals surface area contributed by atoms with Crippen molar-refractivity contribution in [2.45, 2.75) is 0 Å². The largest absolute Gasteiger partial charge is 0.308 e. The molecule has 11 rings (SSSR count). The monoisotopic (exact) mass is 716 g/mol. The van der Waals surface area contributed by atoms with Gasteiger partial charge in [-0.25, -0.2) is 0 Å². The maximum absolute atomic E-state index is 4.59. The van der Waals surface area contributed by atoms with Gasteiger partial charge in [-0.1, -0.05) is 66.7 Å². The Kier molecular flexibility index (Phi) is 7.38. The van der Waals surface area contributed by atoms with Gasteiger partial charge in [0.05, 0.1) is 45.8 Å². The molecule has 6 heterocycles. The average molecular weight is 717 g/mol. The van der Waals surface area contributed by atoms with Crippen molar-refractivity contribution in [1.29, 1.82) is 0 Å². The van der Waals surface area contributed by atoms with Gasteiger partial charge >= 0.3 is 0 Å². The molecule has 0 atom stereocenters. The summed E-state index contributed by atoms with van der Waals surface area (Å²) in [7, 11) is 0. The van der Waals surface area contributed by atoms with E-state index in [1.54, 1.807) is 0 Å². The zero-order valence-electron chi connectivity index (χ0n) is 30.2. The predicted molar refractivity (Wildman–Crippen MR) is 228 cm³/mol. The maximum Gasteiger partial charge on any atom is 0.0724 e. The summed E-state index contributed by atoms with van der Waals surface area (Å²) in [6, 6.07) is 55.8. The van der Waals surface area contributed by atoms with E-state index in [-0.39, 0.29) is 0 Å². The first-order valence-corrected chi connectivity index (χ1v) is 18.7. The van der Waals surface area contributed by atoms with Crippen molar-refractivity contribution < 1.29 is 0 Å². The summed E-state index contributed by atoms with van der Waals surface area (Å²) in [6.07, 6.45) is 11.4. The second kappa shape index (κ2) is 13.0. The van der Waals surface area contributed by atoms with E-state index >= 15 is 0 Å². The highest BCUT2D eigenvalue weighted by Crippen LogP contribution is 2.38. The molecule has 0 unspecified atom stereocenters. The summed E-state index contributed by atoms with van der Waals surface area (Å²) in [5, 5.41) is 4.66. The van der Waals surface area contributed by atoms with Gasteiger partial charge in [-0.2, -0.15) is 0 Å². The fourth-order valence-electron chi connectivity index (χ4n) is 8.21. The molecule has 0 spiro atoms. The lowest BCUT2D eigenvalue weighted by Gasteiger charge is -2.13. The van der Waals surface area contributed by atoms with E-state index < -0.39 is 0 Å². The Hall–Kier alpha value is -7.70. The second-order valence-corrected chi connectivity index (χ2v) is 14.0. The van der Waals surface area contributed by atoms with E-state index in [1.807, 2.05) is 61.4 Å². The molecule has 11 aromatic rings. The van der Waals surface area contributed by atoms with Gasteiger partial charge in [-0.15, -0.1) is 0 Å². The Morgan fingerprint density at radius 3 is 1.25 bits per heavy atom. The minimum atomic E-state index is 0.962. The molecule has 262 valence electrons. The van der Waals surface area contributed by atoms with Gasteiger partial charge in [0.15, 0.2) is 0 Å². The van der Waals surface area contributed by atoms with Crippen LogP contribution in [0.1, 0.15) is 0 Å². The molecule has 6 nitrogen and oxygen atoms in total. The molecule has 0 radical (unpaired) electrons. The Balaban J connectivity index is 1.03. The Morgan fingerprint density at radius 1 is 0.304 bits per heavy atom. The first-order valence-electron chi connectivity index (χ1n) is 18.7. The molecule has 0 aliphatic heterocycles. The van der Waals surface area contributed by atoms with Crippen LogP contribution in [-0.4, -0.2) is 29.1 Å². The summed E-state index contributed by atoms with van der Waals surface area (Å²) < 4.78 is 4.65. The van der Waals surface area contributed by atoms with E-state index in [1.165, 1.54) is 10.8 Å². The van der Waals surface area contributed by atoms with Crippen LogP contribution in [-0.2, 0) is 0 Å². The number of fused-ring (bicyclic) bond motifs is 6. The summed E-state index contributed by atoms with van der Waals surface area (Å²) in [4.78, 5) is 18.3. The fourth-order valence-corrected chi connectivity index (χ4v) is 8.21. The molecular weight excluding hydrogens is 685 g/mol. The van der Waals surface area contributed by atoms with Crippen LogP contribution in [0.25, 0.3) is 99.8 Å². The van der Waals surface area contributed by atoms with Crippen molar-refractivity contribution in [3.63, 3.8) is 0 Å². The van der Waals surface area contributed by atoms with E-state index in [4.69, 9.17) is 0 Å². The third-order valence-electron chi connectivity index (χ3n) is 10.8. The molecule has 0 saturated carbocycles. The van der Waals surface area contributed by atoms with Crippen molar-refractivity contribution in [3.05, 3.63) is 195 Å². The summed E-state index contributed by atoms with van der Waals surface area (Å²) in [5.41, 5.74) is 15.2.